The number of benzene rings is 3. The molecule has 3 aromatic carbocycles. The van der Waals surface area contributed by atoms with Crippen LogP contribution >= 0.6 is 0 Å². The molecule has 1 amide bonds. The monoisotopic (exact) mass is 470 g/mol. The summed E-state index contributed by atoms with van der Waals surface area (Å²) in [6.45, 7) is 6.63. The number of hydrogen-bond acceptors (Lipinski definition) is 4. The van der Waals surface area contributed by atoms with Gasteiger partial charge in [-0.3, -0.25) is 9.69 Å². The maximum Gasteiger partial charge on any atom is 0.251 e. The summed E-state index contributed by atoms with van der Waals surface area (Å²) >= 11 is 0. The van der Waals surface area contributed by atoms with E-state index in [4.69, 9.17) is 4.74 Å². The molecule has 0 radical (unpaired) electrons. The van der Waals surface area contributed by atoms with E-state index < -0.39 is 0 Å². The van der Waals surface area contributed by atoms with Gasteiger partial charge in [0.05, 0.1) is 6.10 Å². The van der Waals surface area contributed by atoms with Gasteiger partial charge < -0.3 is 15.2 Å². The third kappa shape index (κ3) is 4.58. The van der Waals surface area contributed by atoms with Crippen LogP contribution in [-0.2, 0) is 10.2 Å². The van der Waals surface area contributed by atoms with E-state index in [1.807, 2.05) is 54.6 Å². The normalized spacial score (nSPS) is 26.7. The van der Waals surface area contributed by atoms with E-state index in [1.165, 1.54) is 0 Å². The molecule has 4 atom stereocenters. The van der Waals surface area contributed by atoms with E-state index in [2.05, 4.69) is 28.9 Å². The SMILES string of the molecule is C=CCN1CC[C@@]2(c3cccc(O)c3)C[C@H](NC(=O)c3ccc4ccccc4c3)CC(OC)[C@@H]2C1. The summed E-state index contributed by atoms with van der Waals surface area (Å²) in [5, 5.41) is 15.8. The molecule has 2 N–H and O–H groups in total. The van der Waals surface area contributed by atoms with Crippen molar-refractivity contribution in [3.8, 4) is 5.75 Å². The Labute approximate surface area is 207 Å². The fourth-order valence-electron chi connectivity index (χ4n) is 6.39. The molecule has 0 aromatic heterocycles. The number of piperidine rings is 1. The summed E-state index contributed by atoms with van der Waals surface area (Å²) in [5.41, 5.74) is 1.62. The van der Waals surface area contributed by atoms with Gasteiger partial charge in [-0.25, -0.2) is 0 Å². The first-order valence-electron chi connectivity index (χ1n) is 12.5. The molecule has 5 rings (SSSR count). The van der Waals surface area contributed by atoms with Crippen LogP contribution in [-0.4, -0.2) is 54.8 Å². The molecule has 35 heavy (non-hydrogen) atoms. The van der Waals surface area contributed by atoms with Gasteiger partial charge in [-0.1, -0.05) is 48.5 Å². The molecule has 1 aliphatic carbocycles. The number of ether oxygens (including phenoxy) is 1. The Balaban J connectivity index is 1.45. The van der Waals surface area contributed by atoms with E-state index in [-0.39, 0.29) is 35.1 Å². The van der Waals surface area contributed by atoms with E-state index in [0.717, 1.165) is 55.2 Å². The Morgan fingerprint density at radius 1 is 1.17 bits per heavy atom. The zero-order valence-electron chi connectivity index (χ0n) is 20.3. The Morgan fingerprint density at radius 2 is 2.00 bits per heavy atom. The van der Waals surface area contributed by atoms with E-state index in [9.17, 15) is 9.90 Å². The van der Waals surface area contributed by atoms with Gasteiger partial charge in [-0.2, -0.15) is 0 Å². The second-order valence-corrected chi connectivity index (χ2v) is 10.1. The number of phenols is 1. The van der Waals surface area contributed by atoms with Crippen molar-refractivity contribution in [1.29, 1.82) is 0 Å². The van der Waals surface area contributed by atoms with Crippen LogP contribution in [0.25, 0.3) is 10.8 Å². The number of nitrogens with one attached hydrogen (secondary N) is 1. The van der Waals surface area contributed by atoms with Crippen LogP contribution in [0.1, 0.15) is 35.2 Å². The molecule has 5 nitrogen and oxygen atoms in total. The first-order chi connectivity index (χ1) is 17.0. The number of aromatic hydroxyl groups is 1. The minimum Gasteiger partial charge on any atom is -0.508 e. The molecule has 0 bridgehead atoms. The van der Waals surface area contributed by atoms with Crippen LogP contribution in [0.5, 0.6) is 5.75 Å². The molecule has 0 spiro atoms. The standard InChI is InChI=1S/C30H34N2O3/c1-3-14-32-15-13-30(24-9-6-10-26(33)17-24)19-25(18-28(35-2)27(30)20-32)31-29(34)23-12-11-21-7-4-5-8-22(21)16-23/h3-12,16-17,25,27-28,33H,1,13-15,18-20H2,2H3,(H,31,34)/t25-,27+,28?,30+/m1/s1. The largest absolute Gasteiger partial charge is 0.508 e. The van der Waals surface area contributed by atoms with Gasteiger partial charge in [0, 0.05) is 43.1 Å². The molecule has 1 saturated carbocycles. The lowest BCUT2D eigenvalue weighted by molar-refractivity contribution is -0.0653. The van der Waals surface area contributed by atoms with Gasteiger partial charge in [0.2, 0.25) is 0 Å². The number of rotatable bonds is 6. The number of hydrogen-bond donors (Lipinski definition) is 2. The second kappa shape index (κ2) is 9.84. The van der Waals surface area contributed by atoms with Gasteiger partial charge in [-0.05, 0) is 66.4 Å². The summed E-state index contributed by atoms with van der Waals surface area (Å²) in [5.74, 6) is 0.487. The Kier molecular flexibility index (Phi) is 6.63. The molecular formula is C30H34N2O3. The van der Waals surface area contributed by atoms with E-state index in [0.29, 0.717) is 5.56 Å². The van der Waals surface area contributed by atoms with Gasteiger partial charge in [0.1, 0.15) is 5.75 Å². The first-order valence-corrected chi connectivity index (χ1v) is 12.5. The maximum absolute atomic E-state index is 13.3. The minimum absolute atomic E-state index is 0.000572. The van der Waals surface area contributed by atoms with Crippen molar-refractivity contribution in [2.45, 2.75) is 36.8 Å². The summed E-state index contributed by atoms with van der Waals surface area (Å²) in [6, 6.07) is 21.6. The quantitative estimate of drug-likeness (QED) is 0.503. The predicted octanol–water partition coefficient (Wildman–Crippen LogP) is 4.90. The highest BCUT2D eigenvalue weighted by molar-refractivity contribution is 5.98. The molecule has 1 aliphatic heterocycles. The van der Waals surface area contributed by atoms with Gasteiger partial charge in [-0.15, -0.1) is 6.58 Å². The Hall–Kier alpha value is -3.15. The van der Waals surface area contributed by atoms with Crippen LogP contribution in [0.15, 0.2) is 79.4 Å². The van der Waals surface area contributed by atoms with Crippen molar-refractivity contribution in [3.05, 3.63) is 90.5 Å². The highest BCUT2D eigenvalue weighted by Gasteiger charge is 2.52. The Bertz CT molecular complexity index is 1220. The molecule has 5 heteroatoms. The molecule has 1 heterocycles. The topological polar surface area (TPSA) is 61.8 Å². The number of fused-ring (bicyclic) bond motifs is 2. The molecular weight excluding hydrogens is 436 g/mol. The van der Waals surface area contributed by atoms with Crippen molar-refractivity contribution >= 4 is 16.7 Å². The van der Waals surface area contributed by atoms with Crippen LogP contribution in [0.4, 0.5) is 0 Å². The number of methoxy groups -OCH3 is 1. The highest BCUT2D eigenvalue weighted by Crippen LogP contribution is 2.50. The average molecular weight is 471 g/mol. The lowest BCUT2D eigenvalue weighted by Gasteiger charge is -2.55. The zero-order chi connectivity index (χ0) is 24.4. The van der Waals surface area contributed by atoms with Crippen molar-refractivity contribution < 1.29 is 14.6 Å². The fourth-order valence-corrected chi connectivity index (χ4v) is 6.39. The van der Waals surface area contributed by atoms with Crippen molar-refractivity contribution in [1.82, 2.24) is 10.2 Å². The number of carbonyl (C=O) groups excluding carboxylic acids is 1. The molecule has 1 unspecified atom stereocenters. The summed E-state index contributed by atoms with van der Waals surface area (Å²) in [7, 11) is 1.78. The Morgan fingerprint density at radius 3 is 2.77 bits per heavy atom. The van der Waals surface area contributed by atoms with Crippen LogP contribution in [0, 0.1) is 5.92 Å². The van der Waals surface area contributed by atoms with Crippen molar-refractivity contribution in [2.24, 2.45) is 5.92 Å². The first kappa shape index (κ1) is 23.6. The third-order valence-corrected chi connectivity index (χ3v) is 8.07. The lowest BCUT2D eigenvalue weighted by atomic mass is 9.57. The van der Waals surface area contributed by atoms with Gasteiger partial charge in [0.15, 0.2) is 0 Å². The molecule has 2 fully saturated rings. The second-order valence-electron chi connectivity index (χ2n) is 10.1. The van der Waals surface area contributed by atoms with E-state index in [1.54, 1.807) is 13.2 Å². The molecule has 1 saturated heterocycles. The fraction of sp³-hybridized carbons (Fsp3) is 0.367. The zero-order valence-corrected chi connectivity index (χ0v) is 20.3. The van der Waals surface area contributed by atoms with Gasteiger partial charge in [0.25, 0.3) is 5.91 Å². The smallest absolute Gasteiger partial charge is 0.251 e. The molecule has 2 aliphatic rings. The number of nitrogens with zero attached hydrogens (tertiary/aromatic N) is 1. The average Bonchev–Trinajstić information content (AvgIpc) is 2.88. The summed E-state index contributed by atoms with van der Waals surface area (Å²) in [4.78, 5) is 15.8. The number of amides is 1. The molecule has 182 valence electrons. The maximum atomic E-state index is 13.3. The minimum atomic E-state index is -0.184. The predicted molar refractivity (Wildman–Crippen MR) is 140 cm³/mol. The molecule has 3 aromatic rings. The lowest BCUT2D eigenvalue weighted by Crippen LogP contribution is -2.61. The van der Waals surface area contributed by atoms with E-state index >= 15 is 0 Å². The third-order valence-electron chi connectivity index (χ3n) is 8.07. The highest BCUT2D eigenvalue weighted by atomic mass is 16.5. The number of carbonyl (C=O) groups is 1. The number of likely N-dealkylation sites (tertiary alicyclic amines) is 1. The van der Waals surface area contributed by atoms with Crippen molar-refractivity contribution in [2.75, 3.05) is 26.7 Å². The number of phenolic OH excluding ortho intramolecular Hbond substituents is 1. The van der Waals surface area contributed by atoms with Crippen molar-refractivity contribution in [3.63, 3.8) is 0 Å². The summed E-state index contributed by atoms with van der Waals surface area (Å²) < 4.78 is 6.07. The van der Waals surface area contributed by atoms with Crippen LogP contribution in [0.2, 0.25) is 0 Å². The van der Waals surface area contributed by atoms with Gasteiger partial charge >= 0.3 is 0 Å². The van der Waals surface area contributed by atoms with Crippen LogP contribution in [0.3, 0.4) is 0 Å². The summed E-state index contributed by atoms with van der Waals surface area (Å²) in [6.07, 6.45) is 4.49. The van der Waals surface area contributed by atoms with Crippen LogP contribution < -0.4 is 5.32 Å².